The Hall–Kier alpha value is -1.14. The lowest BCUT2D eigenvalue weighted by Gasteiger charge is -2.57. The maximum absolute atomic E-state index is 3.66. The van der Waals surface area contributed by atoms with E-state index in [0.717, 1.165) is 24.4 Å². The summed E-state index contributed by atoms with van der Waals surface area (Å²) < 4.78 is 0. The Kier molecular flexibility index (Phi) is 7.31. The summed E-state index contributed by atoms with van der Waals surface area (Å²) in [6, 6.07) is 11.6. The lowest BCUT2D eigenvalue weighted by atomic mass is 9.79. The van der Waals surface area contributed by atoms with Crippen LogP contribution in [0.4, 0.5) is 0 Å². The van der Waals surface area contributed by atoms with Gasteiger partial charge in [0.1, 0.15) is 0 Å². The predicted molar refractivity (Wildman–Crippen MR) is 147 cm³/mol. The number of benzene rings is 1. The second kappa shape index (κ2) is 10.2. The zero-order chi connectivity index (χ0) is 22.7. The fraction of sp³-hybridized carbons (Fsp3) is 0.700. The normalized spacial score (nSPS) is 30.1. The highest BCUT2D eigenvalue weighted by atomic mass is 31.2. The molecule has 182 valence electrons. The molecule has 0 amide bonds. The van der Waals surface area contributed by atoms with Gasteiger partial charge in [-0.05, 0) is 78.5 Å². The summed E-state index contributed by atoms with van der Waals surface area (Å²) in [7, 11) is 0. The van der Waals surface area contributed by atoms with Crippen molar-refractivity contribution in [1.29, 1.82) is 0 Å². The van der Waals surface area contributed by atoms with Crippen LogP contribution in [-0.4, -0.2) is 35.4 Å². The molecular weight excluding hydrogens is 419 g/mol. The fourth-order valence-corrected chi connectivity index (χ4v) is 15.6. The van der Waals surface area contributed by atoms with E-state index in [9.17, 15) is 0 Å². The molecule has 2 unspecified atom stereocenters. The average Bonchev–Trinajstić information content (AvgIpc) is 3.39. The molecule has 0 radical (unpaired) electrons. The molecule has 0 spiro atoms. The van der Waals surface area contributed by atoms with E-state index in [2.05, 4.69) is 60.6 Å². The van der Waals surface area contributed by atoms with Gasteiger partial charge in [0.2, 0.25) is 0 Å². The molecule has 4 fully saturated rings. The molecule has 1 heterocycles. The minimum Gasteiger partial charge on any atom is -0.370 e. The summed E-state index contributed by atoms with van der Waals surface area (Å²) in [6.45, 7) is 6.15. The van der Waals surface area contributed by atoms with Gasteiger partial charge >= 0.3 is 0 Å². The lowest BCUT2D eigenvalue weighted by molar-refractivity contribution is 0.376. The molecule has 1 aliphatic heterocycles. The summed E-state index contributed by atoms with van der Waals surface area (Å²) in [5.41, 5.74) is 5.14. The third-order valence-corrected chi connectivity index (χ3v) is 16.2. The smallest absolute Gasteiger partial charge is 0.0982 e. The SMILES string of the molecule is CC1CC(C)(P(=Cc2ccccc2)(C2CCCCC2)C2CCCCC2)CCC1=C1NCCN1. The Morgan fingerprint density at radius 1 is 0.848 bits per heavy atom. The molecule has 33 heavy (non-hydrogen) atoms. The Labute approximate surface area is 203 Å². The zero-order valence-corrected chi connectivity index (χ0v) is 22.1. The van der Waals surface area contributed by atoms with Crippen molar-refractivity contribution in [2.24, 2.45) is 5.92 Å². The van der Waals surface area contributed by atoms with E-state index in [1.165, 1.54) is 94.9 Å². The molecule has 4 aliphatic rings. The van der Waals surface area contributed by atoms with Gasteiger partial charge in [-0.25, -0.2) is 0 Å². The monoisotopic (exact) mass is 466 g/mol. The molecular formula is C30H47N2P. The predicted octanol–water partition coefficient (Wildman–Crippen LogP) is 7.50. The van der Waals surface area contributed by atoms with Crippen molar-refractivity contribution in [3.05, 3.63) is 47.3 Å². The lowest BCUT2D eigenvalue weighted by Crippen LogP contribution is -2.43. The van der Waals surface area contributed by atoms with E-state index in [-0.39, 0.29) is 0 Å². The second-order valence-corrected chi connectivity index (χ2v) is 16.3. The van der Waals surface area contributed by atoms with Crippen molar-refractivity contribution in [2.75, 3.05) is 13.1 Å². The zero-order valence-electron chi connectivity index (χ0n) is 21.2. The van der Waals surface area contributed by atoms with E-state index in [4.69, 9.17) is 0 Å². The molecule has 1 aromatic carbocycles. The van der Waals surface area contributed by atoms with E-state index >= 15 is 0 Å². The first-order valence-corrected chi connectivity index (χ1v) is 16.1. The summed E-state index contributed by atoms with van der Waals surface area (Å²) >= 11 is 0. The van der Waals surface area contributed by atoms with Crippen molar-refractivity contribution in [3.8, 4) is 0 Å². The molecule has 0 bridgehead atoms. The van der Waals surface area contributed by atoms with Gasteiger partial charge in [0.05, 0.1) is 5.82 Å². The average molecular weight is 467 g/mol. The van der Waals surface area contributed by atoms with E-state index in [1.54, 1.807) is 5.57 Å². The first-order chi connectivity index (χ1) is 16.1. The van der Waals surface area contributed by atoms with Gasteiger partial charge in [0.15, 0.2) is 0 Å². The molecule has 0 aromatic heterocycles. The standard InChI is InChI=1S/C30H47N2P/c1-24-22-30(2,19-18-28(24)29-31-20-21-32-29)33(26-14-8-4-9-15-26,27-16-10-5-11-17-27)23-25-12-6-3-7-13-25/h3,6-7,12-13,23-24,26-27,31-32H,4-5,8-11,14-22H2,1-2H3. The summed E-state index contributed by atoms with van der Waals surface area (Å²) in [4.78, 5) is 0. The van der Waals surface area contributed by atoms with Crippen LogP contribution < -0.4 is 10.6 Å². The number of allylic oxidation sites excluding steroid dienone is 1. The molecule has 5 rings (SSSR count). The van der Waals surface area contributed by atoms with Gasteiger partial charge in [-0.3, -0.25) is 0 Å². The number of hydrogen-bond donors (Lipinski definition) is 2. The largest absolute Gasteiger partial charge is 0.370 e. The Morgan fingerprint density at radius 2 is 1.42 bits per heavy atom. The summed E-state index contributed by atoms with van der Waals surface area (Å²) in [5.74, 6) is 5.04. The van der Waals surface area contributed by atoms with Crippen molar-refractivity contribution in [2.45, 2.75) is 114 Å². The van der Waals surface area contributed by atoms with Gasteiger partial charge in [-0.2, -0.15) is 0 Å². The first kappa shape index (κ1) is 23.6. The van der Waals surface area contributed by atoms with E-state index in [0.29, 0.717) is 11.1 Å². The van der Waals surface area contributed by atoms with Crippen molar-refractivity contribution < 1.29 is 0 Å². The highest BCUT2D eigenvalue weighted by molar-refractivity contribution is 7.78. The maximum Gasteiger partial charge on any atom is 0.0982 e. The molecule has 1 aromatic rings. The Balaban J connectivity index is 1.62. The van der Waals surface area contributed by atoms with Crippen LogP contribution in [0.3, 0.4) is 0 Å². The van der Waals surface area contributed by atoms with Crippen LogP contribution >= 0.6 is 6.89 Å². The number of rotatable bonds is 4. The number of hydrogen-bond acceptors (Lipinski definition) is 2. The van der Waals surface area contributed by atoms with Crippen molar-refractivity contribution >= 4 is 12.7 Å². The highest BCUT2D eigenvalue weighted by Gasteiger charge is 2.51. The Morgan fingerprint density at radius 3 is 1.97 bits per heavy atom. The molecule has 3 saturated carbocycles. The van der Waals surface area contributed by atoms with Crippen LogP contribution in [0.2, 0.25) is 0 Å². The van der Waals surface area contributed by atoms with Crippen LogP contribution in [0.25, 0.3) is 0 Å². The molecule has 2 nitrogen and oxygen atoms in total. The summed E-state index contributed by atoms with van der Waals surface area (Å²) in [5, 5.41) is 7.80. The second-order valence-electron chi connectivity index (χ2n) is 11.8. The van der Waals surface area contributed by atoms with Gasteiger partial charge in [0.25, 0.3) is 0 Å². The van der Waals surface area contributed by atoms with Crippen LogP contribution in [0.5, 0.6) is 0 Å². The molecule has 2 N–H and O–H groups in total. The van der Waals surface area contributed by atoms with E-state index in [1.807, 2.05) is 0 Å². The van der Waals surface area contributed by atoms with Crippen LogP contribution in [0.1, 0.15) is 103 Å². The minimum atomic E-state index is -1.34. The third kappa shape index (κ3) is 4.59. The number of nitrogens with one attached hydrogen (secondary N) is 2. The molecule has 3 heteroatoms. The first-order valence-electron chi connectivity index (χ1n) is 14.1. The van der Waals surface area contributed by atoms with Crippen LogP contribution in [-0.2, 0) is 0 Å². The molecule has 1 saturated heterocycles. The Bertz CT molecular complexity index is 846. The van der Waals surface area contributed by atoms with Gasteiger partial charge in [0, 0.05) is 13.1 Å². The van der Waals surface area contributed by atoms with Crippen molar-refractivity contribution in [3.63, 3.8) is 0 Å². The molecule has 3 aliphatic carbocycles. The quantitative estimate of drug-likeness (QED) is 0.449. The van der Waals surface area contributed by atoms with Crippen LogP contribution in [0.15, 0.2) is 41.7 Å². The van der Waals surface area contributed by atoms with Gasteiger partial charge in [-0.15, -0.1) is 0 Å². The van der Waals surface area contributed by atoms with Gasteiger partial charge in [-0.1, -0.05) is 95.4 Å². The molecule has 2 atom stereocenters. The topological polar surface area (TPSA) is 24.1 Å². The van der Waals surface area contributed by atoms with Gasteiger partial charge < -0.3 is 10.6 Å². The van der Waals surface area contributed by atoms with Crippen LogP contribution in [0, 0.1) is 5.92 Å². The fourth-order valence-electron chi connectivity index (χ4n) is 8.27. The van der Waals surface area contributed by atoms with E-state index < -0.39 is 6.89 Å². The van der Waals surface area contributed by atoms with Crippen molar-refractivity contribution in [1.82, 2.24) is 10.6 Å². The minimum absolute atomic E-state index is 0.481. The maximum atomic E-state index is 3.66. The summed E-state index contributed by atoms with van der Waals surface area (Å²) in [6.07, 6.45) is 18.9. The highest BCUT2D eigenvalue weighted by Crippen LogP contribution is 2.75. The third-order valence-electron chi connectivity index (χ3n) is 9.78.